The number of anilines is 1. The highest BCUT2D eigenvalue weighted by molar-refractivity contribution is 5.85. The number of hydrogen-bond donors (Lipinski definition) is 3. The zero-order chi connectivity index (χ0) is 18.6. The molecule has 3 N–H and O–H groups in total. The number of piperidine rings is 1. The second kappa shape index (κ2) is 13.1. The molecule has 0 spiro atoms. The molecule has 1 saturated heterocycles. The maximum Gasteiger partial charge on any atom is 0.409 e. The number of nitrogens with one attached hydrogen (secondary N) is 1. The summed E-state index contributed by atoms with van der Waals surface area (Å²) in [5.41, 5.74) is 1.63. The van der Waals surface area contributed by atoms with Gasteiger partial charge < -0.3 is 15.1 Å². The van der Waals surface area contributed by atoms with E-state index in [2.05, 4.69) is 10.2 Å². The minimum Gasteiger partial charge on any atom is -0.465 e. The molecule has 148 valence electrons. The summed E-state index contributed by atoms with van der Waals surface area (Å²) in [7, 11) is 0. The second-order valence-corrected chi connectivity index (χ2v) is 6.41. The molecule has 1 amide bonds. The molecule has 1 atom stereocenters. The lowest BCUT2D eigenvalue weighted by molar-refractivity contribution is 0.134. The van der Waals surface area contributed by atoms with Crippen molar-refractivity contribution < 1.29 is 15.0 Å². The van der Waals surface area contributed by atoms with Crippen LogP contribution in [0.2, 0.25) is 0 Å². The van der Waals surface area contributed by atoms with Gasteiger partial charge in [-0.25, -0.2) is 4.79 Å². The quantitative estimate of drug-likeness (QED) is 0.683. The normalized spacial score (nSPS) is 14.9. The van der Waals surface area contributed by atoms with Gasteiger partial charge >= 0.3 is 6.09 Å². The van der Waals surface area contributed by atoms with Crippen LogP contribution in [0, 0.1) is 0 Å². The molecule has 1 unspecified atom stereocenters. The lowest BCUT2D eigenvalue weighted by Gasteiger charge is -2.27. The first-order chi connectivity index (χ1) is 12.6. The van der Waals surface area contributed by atoms with Crippen LogP contribution in [0.1, 0.15) is 37.4 Å². The molecule has 0 bridgehead atoms. The Kier molecular flexibility index (Phi) is 11.2. The van der Waals surface area contributed by atoms with E-state index in [0.717, 1.165) is 18.5 Å². The van der Waals surface area contributed by atoms with Gasteiger partial charge in [0.2, 0.25) is 0 Å². The lowest BCUT2D eigenvalue weighted by atomic mass is 10.1. The van der Waals surface area contributed by atoms with Crippen LogP contribution in [0.3, 0.4) is 0 Å². The molecule has 3 rings (SSSR count). The summed E-state index contributed by atoms with van der Waals surface area (Å²) in [4.78, 5) is 12.5. The third-order valence-electron chi connectivity index (χ3n) is 4.38. The number of likely N-dealkylation sites (tertiary alicyclic amines) is 1. The number of halogens is 1. The van der Waals surface area contributed by atoms with E-state index >= 15 is 0 Å². The molecule has 2 aromatic carbocycles. The molecule has 6 heteroatoms. The van der Waals surface area contributed by atoms with Crippen LogP contribution in [0.25, 0.3) is 0 Å². The van der Waals surface area contributed by atoms with E-state index in [-0.39, 0.29) is 18.5 Å². The van der Waals surface area contributed by atoms with Crippen molar-refractivity contribution in [2.45, 2.75) is 31.8 Å². The Bertz CT molecular complexity index is 634. The smallest absolute Gasteiger partial charge is 0.409 e. The largest absolute Gasteiger partial charge is 0.465 e. The average molecular weight is 393 g/mol. The van der Waals surface area contributed by atoms with E-state index in [1.54, 1.807) is 24.3 Å². The number of aliphatic hydroxyl groups excluding tert-OH is 1. The number of benzene rings is 2. The van der Waals surface area contributed by atoms with Crippen LogP contribution in [0.5, 0.6) is 0 Å². The fourth-order valence-electron chi connectivity index (χ4n) is 2.97. The molecule has 1 fully saturated rings. The highest BCUT2D eigenvalue weighted by Crippen LogP contribution is 2.17. The van der Waals surface area contributed by atoms with E-state index in [0.29, 0.717) is 5.69 Å². The van der Waals surface area contributed by atoms with Gasteiger partial charge in [-0.1, -0.05) is 55.0 Å². The van der Waals surface area contributed by atoms with E-state index in [9.17, 15) is 9.90 Å². The molecule has 0 aromatic heterocycles. The van der Waals surface area contributed by atoms with Crippen LogP contribution in [0.4, 0.5) is 10.5 Å². The van der Waals surface area contributed by atoms with Gasteiger partial charge in [0.05, 0.1) is 6.10 Å². The van der Waals surface area contributed by atoms with Crippen molar-refractivity contribution in [3.05, 3.63) is 66.2 Å². The van der Waals surface area contributed by atoms with Gasteiger partial charge in [-0.15, -0.1) is 12.4 Å². The monoisotopic (exact) mass is 392 g/mol. The topological polar surface area (TPSA) is 72.8 Å². The molecule has 5 nitrogen and oxygen atoms in total. The molecule has 27 heavy (non-hydrogen) atoms. The molecular weight excluding hydrogens is 364 g/mol. The number of carbonyl (C=O) groups is 1. The van der Waals surface area contributed by atoms with Crippen molar-refractivity contribution in [1.82, 2.24) is 4.90 Å². The lowest BCUT2D eigenvalue weighted by Crippen LogP contribution is -2.31. The van der Waals surface area contributed by atoms with E-state index in [1.165, 1.54) is 32.4 Å². The Hall–Kier alpha value is -2.08. The van der Waals surface area contributed by atoms with Crippen molar-refractivity contribution in [1.29, 1.82) is 0 Å². The average Bonchev–Trinajstić information content (AvgIpc) is 2.68. The highest BCUT2D eigenvalue weighted by atomic mass is 35.5. The van der Waals surface area contributed by atoms with Crippen LogP contribution in [-0.4, -0.2) is 40.8 Å². The van der Waals surface area contributed by atoms with Crippen LogP contribution < -0.4 is 5.32 Å². The Labute approximate surface area is 167 Å². The first kappa shape index (κ1) is 23.0. The van der Waals surface area contributed by atoms with E-state index in [4.69, 9.17) is 5.11 Å². The summed E-state index contributed by atoms with van der Waals surface area (Å²) in [6.07, 6.45) is 3.53. The standard InChI is InChI=1S/C14H21NO.C7H7NO2.ClH/c16-14(13-7-3-1-4-8-13)9-12-15-10-5-2-6-11-15;9-7(10)8-6-4-2-1-3-5-6;/h1,3-4,7-8,14,16H,2,5-6,9-12H2;1-5,8H,(H,9,10);1H. The molecule has 0 radical (unpaired) electrons. The summed E-state index contributed by atoms with van der Waals surface area (Å²) in [5, 5.41) is 20.5. The molecule has 1 heterocycles. The fraction of sp³-hybridized carbons (Fsp3) is 0.381. The summed E-state index contributed by atoms with van der Waals surface area (Å²) in [6.45, 7) is 3.44. The molecule has 0 aliphatic carbocycles. The van der Waals surface area contributed by atoms with Crippen molar-refractivity contribution in [3.8, 4) is 0 Å². The summed E-state index contributed by atoms with van der Waals surface area (Å²) >= 11 is 0. The van der Waals surface area contributed by atoms with Crippen LogP contribution in [-0.2, 0) is 0 Å². The van der Waals surface area contributed by atoms with Gasteiger partial charge in [-0.2, -0.15) is 0 Å². The van der Waals surface area contributed by atoms with Crippen molar-refractivity contribution in [2.75, 3.05) is 25.0 Å². The van der Waals surface area contributed by atoms with Gasteiger partial charge in [0.15, 0.2) is 0 Å². The Morgan fingerprint density at radius 3 is 2.07 bits per heavy atom. The van der Waals surface area contributed by atoms with Gasteiger partial charge in [-0.05, 0) is 50.0 Å². The Morgan fingerprint density at radius 2 is 1.52 bits per heavy atom. The zero-order valence-corrected chi connectivity index (χ0v) is 16.3. The van der Waals surface area contributed by atoms with Gasteiger partial charge in [-0.3, -0.25) is 5.32 Å². The number of aliphatic hydroxyl groups is 1. The number of amides is 1. The zero-order valence-electron chi connectivity index (χ0n) is 15.5. The minimum absolute atomic E-state index is 0. The molecule has 1 aliphatic rings. The second-order valence-electron chi connectivity index (χ2n) is 6.41. The first-order valence-electron chi connectivity index (χ1n) is 9.15. The maximum atomic E-state index is 10.1. The molecule has 1 aliphatic heterocycles. The predicted octanol–water partition coefficient (Wildman–Crippen LogP) is 4.79. The molecular formula is C21H29ClN2O3. The number of rotatable bonds is 5. The SMILES string of the molecule is Cl.O=C(O)Nc1ccccc1.OC(CCN1CCCCC1)c1ccccc1. The van der Waals surface area contributed by atoms with E-state index < -0.39 is 6.09 Å². The van der Waals surface area contributed by atoms with E-state index in [1.807, 2.05) is 36.4 Å². The Balaban J connectivity index is 0.000000288. The number of para-hydroxylation sites is 1. The van der Waals surface area contributed by atoms with Gasteiger partial charge in [0.25, 0.3) is 0 Å². The van der Waals surface area contributed by atoms with Crippen LogP contribution >= 0.6 is 12.4 Å². The predicted molar refractivity (Wildman–Crippen MR) is 112 cm³/mol. The first-order valence-corrected chi connectivity index (χ1v) is 9.15. The summed E-state index contributed by atoms with van der Waals surface area (Å²) in [6, 6.07) is 18.7. The summed E-state index contributed by atoms with van der Waals surface area (Å²) < 4.78 is 0. The molecule has 0 saturated carbocycles. The number of nitrogens with zero attached hydrogens (tertiary/aromatic N) is 1. The fourth-order valence-corrected chi connectivity index (χ4v) is 2.97. The van der Waals surface area contributed by atoms with Gasteiger partial charge in [0, 0.05) is 12.2 Å². The van der Waals surface area contributed by atoms with Crippen molar-refractivity contribution in [3.63, 3.8) is 0 Å². The number of carboxylic acid groups (broad SMARTS) is 1. The third kappa shape index (κ3) is 9.43. The van der Waals surface area contributed by atoms with Crippen molar-refractivity contribution >= 4 is 24.2 Å². The molecule has 2 aromatic rings. The Morgan fingerprint density at radius 1 is 0.963 bits per heavy atom. The maximum absolute atomic E-state index is 10.1. The van der Waals surface area contributed by atoms with Gasteiger partial charge in [0.1, 0.15) is 0 Å². The van der Waals surface area contributed by atoms with Crippen molar-refractivity contribution in [2.24, 2.45) is 0 Å². The highest BCUT2D eigenvalue weighted by Gasteiger charge is 2.12. The third-order valence-corrected chi connectivity index (χ3v) is 4.38. The number of hydrogen-bond acceptors (Lipinski definition) is 3. The minimum atomic E-state index is -1.04. The summed E-state index contributed by atoms with van der Waals surface area (Å²) in [5.74, 6) is 0. The van der Waals surface area contributed by atoms with Crippen LogP contribution in [0.15, 0.2) is 60.7 Å².